The Morgan fingerprint density at radius 2 is 1.93 bits per heavy atom. The molecule has 0 fully saturated rings. The molecule has 1 heterocycles. The van der Waals surface area contributed by atoms with Crippen LogP contribution in [0, 0.1) is 0 Å². The van der Waals surface area contributed by atoms with Crippen LogP contribution >= 0.6 is 23.4 Å². The highest BCUT2D eigenvalue weighted by atomic mass is 35.5. The summed E-state index contributed by atoms with van der Waals surface area (Å²) in [6.45, 7) is 2.22. The van der Waals surface area contributed by atoms with E-state index < -0.39 is 0 Å². The van der Waals surface area contributed by atoms with Crippen molar-refractivity contribution in [2.45, 2.75) is 23.9 Å². The van der Waals surface area contributed by atoms with Crippen molar-refractivity contribution in [2.75, 3.05) is 7.11 Å². The van der Waals surface area contributed by atoms with Gasteiger partial charge < -0.3 is 14.6 Å². The molecule has 0 aliphatic rings. The number of aromatic nitrogens is 3. The Labute approximate surface area is 173 Å². The fraction of sp³-hybridized carbons (Fsp3) is 0.250. The molecule has 1 atom stereocenters. The minimum absolute atomic E-state index is 0.0910. The van der Waals surface area contributed by atoms with Crippen molar-refractivity contribution in [3.63, 3.8) is 0 Å². The summed E-state index contributed by atoms with van der Waals surface area (Å²) in [4.78, 5) is 12.5. The molecule has 0 radical (unpaired) electrons. The molecule has 1 aromatic heterocycles. The number of hydrogen-bond acceptors (Lipinski definition) is 5. The zero-order chi connectivity index (χ0) is 20.1. The SMILES string of the molecule is COc1ccccc1-c1nnc(S[C@H](C)C(=O)NCc2ccccc2Cl)n1C. The van der Waals surface area contributed by atoms with Gasteiger partial charge in [0.1, 0.15) is 5.75 Å². The van der Waals surface area contributed by atoms with Crippen LogP contribution in [0.15, 0.2) is 53.7 Å². The quantitative estimate of drug-likeness (QED) is 0.591. The number of hydrogen-bond donors (Lipinski definition) is 1. The van der Waals surface area contributed by atoms with Crippen LogP contribution in [0.25, 0.3) is 11.4 Å². The van der Waals surface area contributed by atoms with Crippen LogP contribution in [0.4, 0.5) is 0 Å². The summed E-state index contributed by atoms with van der Waals surface area (Å²) in [5.41, 5.74) is 1.73. The topological polar surface area (TPSA) is 69.0 Å². The van der Waals surface area contributed by atoms with Gasteiger partial charge in [-0.3, -0.25) is 4.79 Å². The number of methoxy groups -OCH3 is 1. The molecule has 8 heteroatoms. The number of carbonyl (C=O) groups is 1. The Hall–Kier alpha value is -2.51. The lowest BCUT2D eigenvalue weighted by Crippen LogP contribution is -2.30. The van der Waals surface area contributed by atoms with Gasteiger partial charge in [-0.05, 0) is 30.7 Å². The minimum Gasteiger partial charge on any atom is -0.496 e. The van der Waals surface area contributed by atoms with Crippen molar-refractivity contribution < 1.29 is 9.53 Å². The molecule has 6 nitrogen and oxygen atoms in total. The van der Waals surface area contributed by atoms with E-state index in [1.807, 2.05) is 61.0 Å². The van der Waals surface area contributed by atoms with Crippen LogP contribution in [0.2, 0.25) is 5.02 Å². The highest BCUT2D eigenvalue weighted by molar-refractivity contribution is 8.00. The van der Waals surface area contributed by atoms with E-state index in [-0.39, 0.29) is 11.2 Å². The molecule has 0 saturated carbocycles. The number of benzene rings is 2. The number of carbonyl (C=O) groups excluding carboxylic acids is 1. The second-order valence-electron chi connectivity index (χ2n) is 6.13. The lowest BCUT2D eigenvalue weighted by atomic mass is 10.2. The molecule has 0 bridgehead atoms. The summed E-state index contributed by atoms with van der Waals surface area (Å²) in [7, 11) is 3.49. The Kier molecular flexibility index (Phi) is 6.59. The average Bonchev–Trinajstić information content (AvgIpc) is 3.07. The molecule has 1 amide bonds. The Morgan fingerprint density at radius 1 is 1.21 bits per heavy atom. The maximum Gasteiger partial charge on any atom is 0.233 e. The number of nitrogens with zero attached hydrogens (tertiary/aromatic N) is 3. The molecule has 3 aromatic rings. The molecule has 0 aliphatic heterocycles. The van der Waals surface area contributed by atoms with Crippen molar-refractivity contribution in [2.24, 2.45) is 7.05 Å². The molecule has 3 rings (SSSR count). The van der Waals surface area contributed by atoms with E-state index in [9.17, 15) is 4.79 Å². The van der Waals surface area contributed by atoms with Crippen LogP contribution in [-0.4, -0.2) is 33.0 Å². The minimum atomic E-state index is -0.337. The smallest absolute Gasteiger partial charge is 0.233 e. The van der Waals surface area contributed by atoms with Gasteiger partial charge in [0.2, 0.25) is 5.91 Å². The lowest BCUT2D eigenvalue weighted by molar-refractivity contribution is -0.120. The summed E-state index contributed by atoms with van der Waals surface area (Å²) in [5, 5.41) is 12.4. The maximum atomic E-state index is 12.5. The number of nitrogens with one attached hydrogen (secondary N) is 1. The van der Waals surface area contributed by atoms with Gasteiger partial charge >= 0.3 is 0 Å². The van der Waals surface area contributed by atoms with Gasteiger partial charge in [-0.15, -0.1) is 10.2 Å². The van der Waals surface area contributed by atoms with Crippen LogP contribution in [0.3, 0.4) is 0 Å². The van der Waals surface area contributed by atoms with E-state index in [1.54, 1.807) is 13.2 Å². The molecule has 2 aromatic carbocycles. The number of amides is 1. The maximum absolute atomic E-state index is 12.5. The first kappa shape index (κ1) is 20.2. The van der Waals surface area contributed by atoms with Gasteiger partial charge in [0.05, 0.1) is 17.9 Å². The van der Waals surface area contributed by atoms with Crippen molar-refractivity contribution in [3.05, 3.63) is 59.1 Å². The van der Waals surface area contributed by atoms with Crippen LogP contribution in [-0.2, 0) is 18.4 Å². The summed E-state index contributed by atoms with van der Waals surface area (Å²) < 4.78 is 7.27. The molecule has 0 aliphatic carbocycles. The summed E-state index contributed by atoms with van der Waals surface area (Å²) in [5.74, 6) is 1.32. The predicted octanol–water partition coefficient (Wildman–Crippen LogP) is 3.94. The Balaban J connectivity index is 1.67. The third-order valence-corrected chi connectivity index (χ3v) is 5.75. The highest BCUT2D eigenvalue weighted by Gasteiger charge is 2.20. The van der Waals surface area contributed by atoms with E-state index in [4.69, 9.17) is 16.3 Å². The van der Waals surface area contributed by atoms with Crippen molar-refractivity contribution in [3.8, 4) is 17.1 Å². The van der Waals surface area contributed by atoms with Crippen LogP contribution in [0.1, 0.15) is 12.5 Å². The van der Waals surface area contributed by atoms with E-state index >= 15 is 0 Å². The van der Waals surface area contributed by atoms with E-state index in [1.165, 1.54) is 11.8 Å². The molecule has 146 valence electrons. The van der Waals surface area contributed by atoms with E-state index in [0.29, 0.717) is 22.5 Å². The third-order valence-electron chi connectivity index (χ3n) is 4.25. The number of ether oxygens (including phenoxy) is 1. The summed E-state index contributed by atoms with van der Waals surface area (Å²) in [6.07, 6.45) is 0. The molecule has 1 N–H and O–H groups in total. The average molecular weight is 417 g/mol. The number of thioether (sulfide) groups is 1. The normalized spacial score (nSPS) is 11.9. The largest absolute Gasteiger partial charge is 0.496 e. The lowest BCUT2D eigenvalue weighted by Gasteiger charge is -2.12. The molecule has 0 unspecified atom stereocenters. The first-order chi connectivity index (χ1) is 13.5. The summed E-state index contributed by atoms with van der Waals surface area (Å²) >= 11 is 7.49. The summed E-state index contributed by atoms with van der Waals surface area (Å²) in [6, 6.07) is 15.1. The number of para-hydroxylation sites is 1. The molecular formula is C20H21ClN4O2S. The second-order valence-corrected chi connectivity index (χ2v) is 7.85. The standard InChI is InChI=1S/C20H21ClN4O2S/c1-13(19(26)22-12-14-8-4-6-10-16(14)21)28-20-24-23-18(25(20)2)15-9-5-7-11-17(15)27-3/h4-11,13H,12H2,1-3H3,(H,22,26)/t13-/m1/s1. The second kappa shape index (κ2) is 9.12. The van der Waals surface area contributed by atoms with Crippen LogP contribution < -0.4 is 10.1 Å². The van der Waals surface area contributed by atoms with Crippen LogP contribution in [0.5, 0.6) is 5.75 Å². The van der Waals surface area contributed by atoms with Gasteiger partial charge in [0.15, 0.2) is 11.0 Å². The Morgan fingerprint density at radius 3 is 2.68 bits per heavy atom. The number of rotatable bonds is 7. The van der Waals surface area contributed by atoms with Crippen molar-refractivity contribution >= 4 is 29.3 Å². The third kappa shape index (κ3) is 4.48. The fourth-order valence-corrected chi connectivity index (χ4v) is 3.70. The fourth-order valence-electron chi connectivity index (χ4n) is 2.66. The first-order valence-electron chi connectivity index (χ1n) is 8.71. The Bertz CT molecular complexity index is 976. The molecule has 0 saturated heterocycles. The monoisotopic (exact) mass is 416 g/mol. The van der Waals surface area contributed by atoms with Crippen molar-refractivity contribution in [1.29, 1.82) is 0 Å². The molecular weight excluding hydrogens is 396 g/mol. The number of halogens is 1. The molecule has 0 spiro atoms. The zero-order valence-corrected chi connectivity index (χ0v) is 17.4. The van der Waals surface area contributed by atoms with E-state index in [2.05, 4.69) is 15.5 Å². The van der Waals surface area contributed by atoms with E-state index in [0.717, 1.165) is 16.9 Å². The van der Waals surface area contributed by atoms with Gasteiger partial charge in [-0.1, -0.05) is 53.7 Å². The van der Waals surface area contributed by atoms with Gasteiger partial charge in [0, 0.05) is 18.6 Å². The van der Waals surface area contributed by atoms with Gasteiger partial charge in [-0.2, -0.15) is 0 Å². The van der Waals surface area contributed by atoms with Crippen molar-refractivity contribution in [1.82, 2.24) is 20.1 Å². The molecule has 28 heavy (non-hydrogen) atoms. The first-order valence-corrected chi connectivity index (χ1v) is 9.97. The highest BCUT2D eigenvalue weighted by Crippen LogP contribution is 2.31. The zero-order valence-electron chi connectivity index (χ0n) is 15.8. The van der Waals surface area contributed by atoms with Gasteiger partial charge in [0.25, 0.3) is 0 Å². The van der Waals surface area contributed by atoms with Gasteiger partial charge in [-0.25, -0.2) is 0 Å². The predicted molar refractivity (Wildman–Crippen MR) is 112 cm³/mol.